The summed E-state index contributed by atoms with van der Waals surface area (Å²) in [6, 6.07) is 16.6. The minimum Gasteiger partial charge on any atom is -0.456 e. The van der Waals surface area contributed by atoms with E-state index < -0.39 is 0 Å². The first-order valence-electron chi connectivity index (χ1n) is 8.19. The number of nitrogens with one attached hydrogen (secondary N) is 2. The van der Waals surface area contributed by atoms with Gasteiger partial charge in [0.1, 0.15) is 17.2 Å². The monoisotopic (exact) mass is 315 g/mol. The third-order valence-corrected chi connectivity index (χ3v) is 4.61. The fraction of sp³-hybridized carbons (Fsp3) is 0.150. The zero-order chi connectivity index (χ0) is 16.1. The van der Waals surface area contributed by atoms with E-state index in [4.69, 9.17) is 4.42 Å². The van der Waals surface area contributed by atoms with E-state index in [9.17, 15) is 0 Å². The standard InChI is InChI=1S/C20H17N3O/c1-12-19(20-21-8-9-22-20)15-10-14(6-7-16(15)23-12)18-11-13-4-2-3-5-17(13)24-18/h2-7,10-11,23H,8-9H2,1H3,(H,21,22). The number of aromatic nitrogens is 1. The second-order valence-electron chi connectivity index (χ2n) is 6.19. The molecular formula is C20H17N3O. The number of rotatable bonds is 2. The van der Waals surface area contributed by atoms with Crippen LogP contribution in [0.1, 0.15) is 11.3 Å². The largest absolute Gasteiger partial charge is 0.456 e. The molecule has 24 heavy (non-hydrogen) atoms. The van der Waals surface area contributed by atoms with Crippen molar-refractivity contribution in [2.45, 2.75) is 6.92 Å². The minimum atomic E-state index is 0.838. The van der Waals surface area contributed by atoms with Crippen LogP contribution < -0.4 is 5.32 Å². The van der Waals surface area contributed by atoms with Gasteiger partial charge in [-0.3, -0.25) is 4.99 Å². The molecule has 0 bridgehead atoms. The molecular weight excluding hydrogens is 298 g/mol. The Morgan fingerprint density at radius 2 is 2.00 bits per heavy atom. The van der Waals surface area contributed by atoms with Crippen LogP contribution in [0.25, 0.3) is 33.2 Å². The number of H-pyrrole nitrogens is 1. The van der Waals surface area contributed by atoms with E-state index in [0.29, 0.717) is 0 Å². The van der Waals surface area contributed by atoms with Crippen molar-refractivity contribution in [3.8, 4) is 11.3 Å². The second kappa shape index (κ2) is 4.99. The average Bonchev–Trinajstić information content (AvgIpc) is 3.31. The lowest BCUT2D eigenvalue weighted by Gasteiger charge is -2.03. The number of hydrogen-bond acceptors (Lipinski definition) is 3. The molecule has 4 nitrogen and oxygen atoms in total. The van der Waals surface area contributed by atoms with Crippen LogP contribution in [0.15, 0.2) is 57.9 Å². The Morgan fingerprint density at radius 1 is 1.08 bits per heavy atom. The Morgan fingerprint density at radius 3 is 2.83 bits per heavy atom. The quantitative estimate of drug-likeness (QED) is 0.581. The third kappa shape index (κ3) is 1.96. The first-order chi connectivity index (χ1) is 11.8. The summed E-state index contributed by atoms with van der Waals surface area (Å²) in [5, 5.41) is 5.68. The van der Waals surface area contributed by atoms with Gasteiger partial charge in [0, 0.05) is 39.7 Å². The third-order valence-electron chi connectivity index (χ3n) is 4.61. The number of aliphatic imine (C=N–C) groups is 1. The van der Waals surface area contributed by atoms with E-state index in [1.807, 2.05) is 18.2 Å². The molecule has 5 rings (SSSR count). The van der Waals surface area contributed by atoms with E-state index in [0.717, 1.165) is 52.4 Å². The van der Waals surface area contributed by atoms with Crippen LogP contribution in [-0.2, 0) is 0 Å². The molecule has 4 aromatic rings. The molecule has 0 spiro atoms. The zero-order valence-electron chi connectivity index (χ0n) is 13.4. The highest BCUT2D eigenvalue weighted by molar-refractivity contribution is 6.12. The summed E-state index contributed by atoms with van der Waals surface area (Å²) in [6.45, 7) is 3.84. The topological polar surface area (TPSA) is 53.3 Å². The van der Waals surface area contributed by atoms with Gasteiger partial charge in [-0.25, -0.2) is 0 Å². The Balaban J connectivity index is 1.71. The predicted molar refractivity (Wildman–Crippen MR) is 97.7 cm³/mol. The van der Waals surface area contributed by atoms with Gasteiger partial charge in [0.2, 0.25) is 0 Å². The molecule has 2 N–H and O–H groups in total. The molecule has 0 saturated heterocycles. The van der Waals surface area contributed by atoms with Crippen LogP contribution in [0, 0.1) is 6.92 Å². The Kier molecular flexibility index (Phi) is 2.80. The predicted octanol–water partition coefficient (Wildman–Crippen LogP) is 4.24. The smallest absolute Gasteiger partial charge is 0.135 e. The van der Waals surface area contributed by atoms with Gasteiger partial charge in [-0.1, -0.05) is 18.2 Å². The van der Waals surface area contributed by atoms with Crippen LogP contribution in [0.4, 0.5) is 0 Å². The van der Waals surface area contributed by atoms with E-state index in [1.165, 1.54) is 10.9 Å². The van der Waals surface area contributed by atoms with Crippen molar-refractivity contribution in [2.24, 2.45) is 4.99 Å². The summed E-state index contributed by atoms with van der Waals surface area (Å²) >= 11 is 0. The summed E-state index contributed by atoms with van der Waals surface area (Å²) in [7, 11) is 0. The molecule has 118 valence electrons. The fourth-order valence-corrected chi connectivity index (χ4v) is 3.47. The van der Waals surface area contributed by atoms with Gasteiger partial charge in [0.05, 0.1) is 6.54 Å². The number of aromatic amines is 1. The van der Waals surface area contributed by atoms with Gasteiger partial charge in [0.15, 0.2) is 0 Å². The van der Waals surface area contributed by atoms with Gasteiger partial charge in [0.25, 0.3) is 0 Å². The van der Waals surface area contributed by atoms with Crippen molar-refractivity contribution in [2.75, 3.05) is 13.1 Å². The van der Waals surface area contributed by atoms with Gasteiger partial charge in [-0.2, -0.15) is 0 Å². The summed E-state index contributed by atoms with van der Waals surface area (Å²) in [5.74, 6) is 1.88. The van der Waals surface area contributed by atoms with Crippen LogP contribution in [-0.4, -0.2) is 23.9 Å². The van der Waals surface area contributed by atoms with Gasteiger partial charge < -0.3 is 14.7 Å². The molecule has 1 aliphatic heterocycles. The highest BCUT2D eigenvalue weighted by atomic mass is 16.3. The maximum atomic E-state index is 6.02. The van der Waals surface area contributed by atoms with E-state index in [2.05, 4.69) is 52.5 Å². The van der Waals surface area contributed by atoms with Crippen molar-refractivity contribution >= 4 is 27.7 Å². The highest BCUT2D eigenvalue weighted by Crippen LogP contribution is 2.32. The van der Waals surface area contributed by atoms with Gasteiger partial charge >= 0.3 is 0 Å². The summed E-state index contributed by atoms with van der Waals surface area (Å²) in [6.07, 6.45) is 0. The second-order valence-corrected chi connectivity index (χ2v) is 6.19. The number of furan rings is 1. The number of nitrogens with zero attached hydrogens (tertiary/aromatic N) is 1. The van der Waals surface area contributed by atoms with Crippen molar-refractivity contribution in [1.29, 1.82) is 0 Å². The van der Waals surface area contributed by atoms with Gasteiger partial charge in [-0.15, -0.1) is 0 Å². The van der Waals surface area contributed by atoms with Crippen molar-refractivity contribution < 1.29 is 4.42 Å². The van der Waals surface area contributed by atoms with E-state index in [-0.39, 0.29) is 0 Å². The van der Waals surface area contributed by atoms with Crippen LogP contribution in [0.2, 0.25) is 0 Å². The van der Waals surface area contributed by atoms with Crippen molar-refractivity contribution in [1.82, 2.24) is 10.3 Å². The lowest BCUT2D eigenvalue weighted by Crippen LogP contribution is -2.19. The summed E-state index contributed by atoms with van der Waals surface area (Å²) < 4.78 is 6.02. The molecule has 4 heteroatoms. The summed E-state index contributed by atoms with van der Waals surface area (Å²) in [4.78, 5) is 8.05. The zero-order valence-corrected chi connectivity index (χ0v) is 13.4. The Labute approximate surface area is 139 Å². The van der Waals surface area contributed by atoms with E-state index >= 15 is 0 Å². The summed E-state index contributed by atoms with van der Waals surface area (Å²) in [5.41, 5.74) is 5.43. The number of aryl methyl sites for hydroxylation is 1. The lowest BCUT2D eigenvalue weighted by molar-refractivity contribution is 0.631. The lowest BCUT2D eigenvalue weighted by atomic mass is 10.1. The van der Waals surface area contributed by atoms with Crippen LogP contribution in [0.3, 0.4) is 0 Å². The molecule has 0 unspecified atom stereocenters. The first kappa shape index (κ1) is 13.4. The van der Waals surface area contributed by atoms with Crippen LogP contribution >= 0.6 is 0 Å². The molecule has 2 aromatic heterocycles. The number of para-hydroxylation sites is 1. The molecule has 0 saturated carbocycles. The van der Waals surface area contributed by atoms with Crippen molar-refractivity contribution in [3.63, 3.8) is 0 Å². The number of fused-ring (bicyclic) bond motifs is 2. The average molecular weight is 315 g/mol. The Bertz CT molecular complexity index is 1070. The van der Waals surface area contributed by atoms with Crippen LogP contribution in [0.5, 0.6) is 0 Å². The minimum absolute atomic E-state index is 0.838. The normalized spacial score (nSPS) is 14.3. The highest BCUT2D eigenvalue weighted by Gasteiger charge is 2.17. The molecule has 2 aromatic carbocycles. The number of amidine groups is 1. The maximum Gasteiger partial charge on any atom is 0.135 e. The molecule has 0 radical (unpaired) electrons. The molecule has 0 aliphatic carbocycles. The molecule has 0 fully saturated rings. The number of hydrogen-bond donors (Lipinski definition) is 2. The number of benzene rings is 2. The first-order valence-corrected chi connectivity index (χ1v) is 8.19. The Hall–Kier alpha value is -3.01. The van der Waals surface area contributed by atoms with Crippen molar-refractivity contribution in [3.05, 3.63) is 59.8 Å². The van der Waals surface area contributed by atoms with E-state index in [1.54, 1.807) is 0 Å². The van der Waals surface area contributed by atoms with Gasteiger partial charge in [-0.05, 0) is 37.3 Å². The molecule has 0 atom stereocenters. The molecule has 3 heterocycles. The molecule has 1 aliphatic rings. The maximum absolute atomic E-state index is 6.02. The molecule has 0 amide bonds. The fourth-order valence-electron chi connectivity index (χ4n) is 3.47. The SMILES string of the molecule is Cc1[nH]c2ccc(-c3cc4ccccc4o3)cc2c1C1=NCCN1.